The zero-order valence-corrected chi connectivity index (χ0v) is 12.7. The van der Waals surface area contributed by atoms with E-state index in [2.05, 4.69) is 22.5 Å². The molecule has 3 rings (SSSR count). The number of rotatable bonds is 4. The molecule has 0 atom stereocenters. The summed E-state index contributed by atoms with van der Waals surface area (Å²) in [7, 11) is 0. The first-order valence-corrected chi connectivity index (χ1v) is 8.23. The van der Waals surface area contributed by atoms with E-state index in [0.29, 0.717) is 16.7 Å². The Morgan fingerprint density at radius 3 is 2.70 bits per heavy atom. The van der Waals surface area contributed by atoms with E-state index in [4.69, 9.17) is 5.73 Å². The lowest BCUT2D eigenvalue weighted by Crippen LogP contribution is -2.47. The number of hydrogen-bond acceptors (Lipinski definition) is 5. The fraction of sp³-hybridized carbons (Fsp3) is 0.714. The van der Waals surface area contributed by atoms with Gasteiger partial charge in [-0.1, -0.05) is 30.6 Å². The van der Waals surface area contributed by atoms with Crippen LogP contribution in [-0.2, 0) is 0 Å². The van der Waals surface area contributed by atoms with E-state index in [1.165, 1.54) is 43.4 Å². The minimum atomic E-state index is -0.0875. The molecule has 0 unspecified atom stereocenters. The van der Waals surface area contributed by atoms with Crippen LogP contribution in [0.1, 0.15) is 61.5 Å². The number of nitrogens with zero attached hydrogens (tertiary/aromatic N) is 1. The first-order chi connectivity index (χ1) is 9.56. The van der Waals surface area contributed by atoms with Crippen molar-refractivity contribution in [3.8, 4) is 0 Å². The van der Waals surface area contributed by atoms with Crippen molar-refractivity contribution in [1.29, 1.82) is 0 Å². The maximum atomic E-state index is 12.4. The predicted octanol–water partition coefficient (Wildman–Crippen LogP) is 2.75. The van der Waals surface area contributed by atoms with E-state index < -0.39 is 0 Å². The minimum Gasteiger partial charge on any atom is -0.382 e. The molecule has 0 aromatic carbocycles. The molecule has 20 heavy (non-hydrogen) atoms. The fourth-order valence-corrected chi connectivity index (χ4v) is 3.60. The molecule has 1 amide bonds. The molecule has 2 aliphatic carbocycles. The predicted molar refractivity (Wildman–Crippen MR) is 82.1 cm³/mol. The normalized spacial score (nSPS) is 21.4. The van der Waals surface area contributed by atoms with Crippen LogP contribution in [-0.4, -0.2) is 22.5 Å². The van der Waals surface area contributed by atoms with E-state index in [1.54, 1.807) is 0 Å². The average Bonchev–Trinajstić information content (AvgIpc) is 3.12. The molecule has 2 aliphatic rings. The summed E-state index contributed by atoms with van der Waals surface area (Å²) in [5, 5.41) is 7.22. The van der Waals surface area contributed by atoms with E-state index >= 15 is 0 Å². The van der Waals surface area contributed by atoms with Gasteiger partial charge in [-0.15, -0.1) is 0 Å². The average molecular weight is 294 g/mol. The highest BCUT2D eigenvalue weighted by Gasteiger charge is 2.30. The van der Waals surface area contributed by atoms with Crippen LogP contribution in [0.2, 0.25) is 0 Å². The third-order valence-electron chi connectivity index (χ3n) is 4.14. The number of nitrogen functional groups attached to an aromatic ring is 1. The SMILES string of the molecule is CC1(NC(=O)c2sc(NC3CC3)nc2N)CCCCC1. The summed E-state index contributed by atoms with van der Waals surface area (Å²) in [5.41, 5.74) is 5.80. The lowest BCUT2D eigenvalue weighted by atomic mass is 9.83. The van der Waals surface area contributed by atoms with Crippen LogP contribution in [0.3, 0.4) is 0 Å². The van der Waals surface area contributed by atoms with Crippen LogP contribution in [0, 0.1) is 0 Å². The van der Waals surface area contributed by atoms with Gasteiger partial charge in [-0.25, -0.2) is 4.98 Å². The maximum Gasteiger partial charge on any atom is 0.265 e. The zero-order valence-electron chi connectivity index (χ0n) is 11.9. The van der Waals surface area contributed by atoms with Crippen molar-refractivity contribution in [2.45, 2.75) is 63.5 Å². The van der Waals surface area contributed by atoms with Gasteiger partial charge in [0.15, 0.2) is 5.13 Å². The topological polar surface area (TPSA) is 80.0 Å². The van der Waals surface area contributed by atoms with Gasteiger partial charge in [0.25, 0.3) is 5.91 Å². The van der Waals surface area contributed by atoms with E-state index in [0.717, 1.165) is 18.0 Å². The Balaban J connectivity index is 1.67. The van der Waals surface area contributed by atoms with Crippen LogP contribution in [0.5, 0.6) is 0 Å². The van der Waals surface area contributed by atoms with E-state index in [-0.39, 0.29) is 11.4 Å². The Morgan fingerprint density at radius 2 is 2.05 bits per heavy atom. The summed E-state index contributed by atoms with van der Waals surface area (Å²) in [5.74, 6) is 0.267. The number of nitrogens with two attached hydrogens (primary N) is 1. The van der Waals surface area contributed by atoms with Crippen LogP contribution in [0.25, 0.3) is 0 Å². The van der Waals surface area contributed by atoms with Crippen LogP contribution >= 0.6 is 11.3 Å². The van der Waals surface area contributed by atoms with E-state index in [9.17, 15) is 4.79 Å². The number of anilines is 2. The molecule has 1 aromatic rings. The van der Waals surface area contributed by atoms with Gasteiger partial charge in [0.1, 0.15) is 10.7 Å². The number of hydrogen-bond donors (Lipinski definition) is 3. The lowest BCUT2D eigenvalue weighted by Gasteiger charge is -2.34. The second-order valence-corrected chi connectivity index (χ2v) is 7.23. The number of carbonyl (C=O) groups excluding carboxylic acids is 1. The van der Waals surface area contributed by atoms with Gasteiger partial charge >= 0.3 is 0 Å². The van der Waals surface area contributed by atoms with Crippen molar-refractivity contribution in [3.63, 3.8) is 0 Å². The minimum absolute atomic E-state index is 0.0757. The summed E-state index contributed by atoms with van der Waals surface area (Å²) in [6.45, 7) is 2.13. The summed E-state index contributed by atoms with van der Waals surface area (Å²) < 4.78 is 0. The third kappa shape index (κ3) is 3.06. The fourth-order valence-electron chi connectivity index (χ4n) is 2.75. The molecular weight excluding hydrogens is 272 g/mol. The number of carbonyl (C=O) groups is 1. The van der Waals surface area contributed by atoms with Crippen molar-refractivity contribution in [2.24, 2.45) is 0 Å². The van der Waals surface area contributed by atoms with Crippen LogP contribution in [0.15, 0.2) is 0 Å². The third-order valence-corrected chi connectivity index (χ3v) is 5.14. The molecular formula is C14H22N4OS. The standard InChI is InChI=1S/C14H22N4OS/c1-14(7-3-2-4-8-14)18-12(19)10-11(15)17-13(20-10)16-9-5-6-9/h9H,2-8,15H2,1H3,(H,16,17)(H,18,19). The van der Waals surface area contributed by atoms with Gasteiger partial charge < -0.3 is 16.4 Å². The van der Waals surface area contributed by atoms with E-state index in [1.807, 2.05) is 0 Å². The second kappa shape index (κ2) is 5.24. The molecule has 0 bridgehead atoms. The van der Waals surface area contributed by atoms with Gasteiger partial charge in [-0.05, 0) is 32.6 Å². The highest BCUT2D eigenvalue weighted by atomic mass is 32.1. The lowest BCUT2D eigenvalue weighted by molar-refractivity contribution is 0.0887. The Kier molecular flexibility index (Phi) is 3.58. The Hall–Kier alpha value is -1.30. The molecule has 4 N–H and O–H groups in total. The maximum absolute atomic E-state index is 12.4. The quantitative estimate of drug-likeness (QED) is 0.797. The second-order valence-electron chi connectivity index (χ2n) is 6.23. The molecule has 110 valence electrons. The summed E-state index contributed by atoms with van der Waals surface area (Å²) >= 11 is 1.36. The summed E-state index contributed by atoms with van der Waals surface area (Å²) in [6.07, 6.45) is 8.09. The molecule has 1 heterocycles. The number of aromatic nitrogens is 1. The van der Waals surface area contributed by atoms with Crippen molar-refractivity contribution >= 4 is 28.2 Å². The molecule has 5 nitrogen and oxygen atoms in total. The smallest absolute Gasteiger partial charge is 0.265 e. The highest BCUT2D eigenvalue weighted by Crippen LogP contribution is 2.32. The van der Waals surface area contributed by atoms with Gasteiger partial charge in [-0.3, -0.25) is 4.79 Å². The van der Waals surface area contributed by atoms with Gasteiger partial charge in [-0.2, -0.15) is 0 Å². The van der Waals surface area contributed by atoms with Gasteiger partial charge in [0.05, 0.1) is 0 Å². The Bertz CT molecular complexity index is 503. The van der Waals surface area contributed by atoms with Crippen LogP contribution in [0.4, 0.5) is 10.9 Å². The Morgan fingerprint density at radius 1 is 1.35 bits per heavy atom. The number of amides is 1. The molecule has 2 fully saturated rings. The first kappa shape index (κ1) is 13.7. The summed E-state index contributed by atoms with van der Waals surface area (Å²) in [4.78, 5) is 17.2. The molecule has 0 aliphatic heterocycles. The van der Waals surface area contributed by atoms with Crippen LogP contribution < -0.4 is 16.4 Å². The molecule has 0 saturated heterocycles. The zero-order chi connectivity index (χ0) is 14.2. The highest BCUT2D eigenvalue weighted by molar-refractivity contribution is 7.18. The number of thiazole rings is 1. The molecule has 2 saturated carbocycles. The number of nitrogens with one attached hydrogen (secondary N) is 2. The van der Waals surface area contributed by atoms with Crippen molar-refractivity contribution in [1.82, 2.24) is 10.3 Å². The van der Waals surface area contributed by atoms with Crippen molar-refractivity contribution in [2.75, 3.05) is 11.1 Å². The largest absolute Gasteiger partial charge is 0.382 e. The molecule has 1 aromatic heterocycles. The Labute approximate surface area is 123 Å². The molecule has 0 radical (unpaired) electrons. The monoisotopic (exact) mass is 294 g/mol. The van der Waals surface area contributed by atoms with Crippen molar-refractivity contribution < 1.29 is 4.79 Å². The molecule has 6 heteroatoms. The van der Waals surface area contributed by atoms with Gasteiger partial charge in [0.2, 0.25) is 0 Å². The first-order valence-electron chi connectivity index (χ1n) is 7.41. The van der Waals surface area contributed by atoms with Gasteiger partial charge in [0, 0.05) is 11.6 Å². The summed E-state index contributed by atoms with van der Waals surface area (Å²) in [6, 6.07) is 0.521. The van der Waals surface area contributed by atoms with Crippen molar-refractivity contribution in [3.05, 3.63) is 4.88 Å². The molecule has 0 spiro atoms.